The lowest BCUT2D eigenvalue weighted by Gasteiger charge is -2.24. The number of nitrogens with one attached hydrogen (secondary N) is 1. The van der Waals surface area contributed by atoms with Crippen molar-refractivity contribution in [2.24, 2.45) is 5.92 Å². The summed E-state index contributed by atoms with van der Waals surface area (Å²) < 4.78 is 5.59. The van der Waals surface area contributed by atoms with Crippen LogP contribution in [0.15, 0.2) is 12.2 Å². The van der Waals surface area contributed by atoms with Crippen molar-refractivity contribution in [3.05, 3.63) is 12.2 Å². The highest BCUT2D eigenvalue weighted by Gasteiger charge is 2.32. The molecule has 0 aromatic rings. The Kier molecular flexibility index (Phi) is 5.01. The maximum Gasteiger partial charge on any atom is 0.0672 e. The van der Waals surface area contributed by atoms with E-state index in [2.05, 4.69) is 16.8 Å². The molecule has 1 saturated heterocycles. The molecule has 2 rings (SSSR count). The van der Waals surface area contributed by atoms with Gasteiger partial charge in [0.15, 0.2) is 0 Å². The first-order valence-corrected chi connectivity index (χ1v) is 6.93. The van der Waals surface area contributed by atoms with Crippen molar-refractivity contribution in [3.63, 3.8) is 0 Å². The SMILES string of the molecule is C=C(C)COCCN1CCCNC(C2CC2)C1. The van der Waals surface area contributed by atoms with Gasteiger partial charge in [0.1, 0.15) is 0 Å². The summed E-state index contributed by atoms with van der Waals surface area (Å²) in [6.07, 6.45) is 4.12. The fourth-order valence-corrected chi connectivity index (χ4v) is 2.48. The third-order valence-electron chi connectivity index (χ3n) is 3.60. The van der Waals surface area contributed by atoms with Crippen LogP contribution in [0, 0.1) is 5.92 Å². The Morgan fingerprint density at radius 3 is 3.00 bits per heavy atom. The summed E-state index contributed by atoms with van der Waals surface area (Å²) >= 11 is 0. The normalized spacial score (nSPS) is 26.8. The van der Waals surface area contributed by atoms with E-state index in [1.54, 1.807) is 0 Å². The topological polar surface area (TPSA) is 24.5 Å². The van der Waals surface area contributed by atoms with Crippen LogP contribution in [0.5, 0.6) is 0 Å². The number of rotatable bonds is 6. The van der Waals surface area contributed by atoms with Crippen LogP contribution in [0.2, 0.25) is 0 Å². The molecule has 1 atom stereocenters. The molecule has 0 radical (unpaired) electrons. The average molecular weight is 238 g/mol. The molecule has 1 aliphatic carbocycles. The predicted molar refractivity (Wildman–Crippen MR) is 71.2 cm³/mol. The number of hydrogen-bond acceptors (Lipinski definition) is 3. The minimum absolute atomic E-state index is 0.706. The summed E-state index contributed by atoms with van der Waals surface area (Å²) in [6.45, 7) is 12.1. The Balaban J connectivity index is 1.65. The first-order chi connectivity index (χ1) is 8.25. The van der Waals surface area contributed by atoms with E-state index >= 15 is 0 Å². The predicted octanol–water partition coefficient (Wildman–Crippen LogP) is 1.65. The van der Waals surface area contributed by atoms with Crippen LogP contribution >= 0.6 is 0 Å². The van der Waals surface area contributed by atoms with Crippen molar-refractivity contribution < 1.29 is 4.74 Å². The molecule has 0 amide bonds. The smallest absolute Gasteiger partial charge is 0.0672 e. The van der Waals surface area contributed by atoms with Crippen LogP contribution in [-0.4, -0.2) is 50.3 Å². The van der Waals surface area contributed by atoms with Gasteiger partial charge < -0.3 is 10.1 Å². The Labute approximate surface area is 105 Å². The summed E-state index contributed by atoms with van der Waals surface area (Å²) in [5, 5.41) is 3.69. The van der Waals surface area contributed by atoms with E-state index in [0.29, 0.717) is 6.61 Å². The van der Waals surface area contributed by atoms with Crippen LogP contribution in [0.1, 0.15) is 26.2 Å². The quantitative estimate of drug-likeness (QED) is 0.562. The third-order valence-corrected chi connectivity index (χ3v) is 3.60. The summed E-state index contributed by atoms with van der Waals surface area (Å²) in [5.74, 6) is 0.951. The lowest BCUT2D eigenvalue weighted by molar-refractivity contribution is 0.118. The standard InChI is InChI=1S/C14H26N2O/c1-12(2)11-17-9-8-16-7-3-6-15-14(10-16)13-4-5-13/h13-15H,1,3-11H2,2H3. The molecular weight excluding hydrogens is 212 g/mol. The zero-order valence-corrected chi connectivity index (χ0v) is 11.1. The highest BCUT2D eigenvalue weighted by atomic mass is 16.5. The Hall–Kier alpha value is -0.380. The molecule has 1 unspecified atom stereocenters. The van der Waals surface area contributed by atoms with Gasteiger partial charge >= 0.3 is 0 Å². The zero-order chi connectivity index (χ0) is 12.1. The second kappa shape index (κ2) is 6.53. The molecule has 0 aromatic carbocycles. The van der Waals surface area contributed by atoms with E-state index in [-0.39, 0.29) is 0 Å². The van der Waals surface area contributed by atoms with Gasteiger partial charge in [0.25, 0.3) is 0 Å². The van der Waals surface area contributed by atoms with Crippen LogP contribution in [-0.2, 0) is 4.74 Å². The fraction of sp³-hybridized carbons (Fsp3) is 0.857. The van der Waals surface area contributed by atoms with Crippen molar-refractivity contribution in [2.45, 2.75) is 32.2 Å². The minimum Gasteiger partial charge on any atom is -0.376 e. The fourth-order valence-electron chi connectivity index (χ4n) is 2.48. The van der Waals surface area contributed by atoms with Crippen LogP contribution in [0.25, 0.3) is 0 Å². The van der Waals surface area contributed by atoms with E-state index in [0.717, 1.165) is 30.7 Å². The maximum atomic E-state index is 5.59. The Morgan fingerprint density at radius 1 is 1.47 bits per heavy atom. The molecular formula is C14H26N2O. The first-order valence-electron chi connectivity index (χ1n) is 6.93. The van der Waals surface area contributed by atoms with E-state index in [1.807, 2.05) is 6.92 Å². The molecule has 2 aliphatic rings. The van der Waals surface area contributed by atoms with Gasteiger partial charge in [-0.3, -0.25) is 4.90 Å². The van der Waals surface area contributed by atoms with E-state index in [4.69, 9.17) is 4.74 Å². The van der Waals surface area contributed by atoms with Crippen LogP contribution in [0.4, 0.5) is 0 Å². The molecule has 17 heavy (non-hydrogen) atoms. The van der Waals surface area contributed by atoms with Crippen LogP contribution < -0.4 is 5.32 Å². The van der Waals surface area contributed by atoms with E-state index in [1.165, 1.54) is 38.9 Å². The molecule has 0 spiro atoms. The lowest BCUT2D eigenvalue weighted by atomic mass is 10.2. The second-order valence-corrected chi connectivity index (χ2v) is 5.56. The van der Waals surface area contributed by atoms with E-state index in [9.17, 15) is 0 Å². The number of nitrogens with zero attached hydrogens (tertiary/aromatic N) is 1. The van der Waals surface area contributed by atoms with Gasteiger partial charge in [0, 0.05) is 19.1 Å². The van der Waals surface area contributed by atoms with Gasteiger partial charge in [-0.05, 0) is 45.2 Å². The van der Waals surface area contributed by atoms with E-state index < -0.39 is 0 Å². The molecule has 1 aliphatic heterocycles. The van der Waals surface area contributed by atoms with Crippen LogP contribution in [0.3, 0.4) is 0 Å². The number of hydrogen-bond donors (Lipinski definition) is 1. The zero-order valence-electron chi connectivity index (χ0n) is 11.1. The molecule has 2 fully saturated rings. The highest BCUT2D eigenvalue weighted by Crippen LogP contribution is 2.33. The molecule has 3 nitrogen and oxygen atoms in total. The summed E-state index contributed by atoms with van der Waals surface area (Å²) in [5.41, 5.74) is 1.11. The second-order valence-electron chi connectivity index (χ2n) is 5.56. The average Bonchev–Trinajstić information content (AvgIpc) is 3.10. The summed E-state index contributed by atoms with van der Waals surface area (Å²) in [7, 11) is 0. The Morgan fingerprint density at radius 2 is 2.29 bits per heavy atom. The first kappa shape index (κ1) is 13.1. The minimum atomic E-state index is 0.706. The van der Waals surface area contributed by atoms with Crippen molar-refractivity contribution in [3.8, 4) is 0 Å². The van der Waals surface area contributed by atoms with Gasteiger partial charge in [-0.1, -0.05) is 12.2 Å². The largest absolute Gasteiger partial charge is 0.376 e. The van der Waals surface area contributed by atoms with Gasteiger partial charge in [0.2, 0.25) is 0 Å². The lowest BCUT2D eigenvalue weighted by Crippen LogP contribution is -2.40. The van der Waals surface area contributed by atoms with Gasteiger partial charge in [-0.15, -0.1) is 0 Å². The molecule has 0 bridgehead atoms. The molecule has 1 N–H and O–H groups in total. The monoisotopic (exact) mass is 238 g/mol. The molecule has 1 heterocycles. The molecule has 1 saturated carbocycles. The van der Waals surface area contributed by atoms with Crippen molar-refractivity contribution in [1.82, 2.24) is 10.2 Å². The highest BCUT2D eigenvalue weighted by molar-refractivity contribution is 4.90. The molecule has 98 valence electrons. The molecule has 3 heteroatoms. The summed E-state index contributed by atoms with van der Waals surface area (Å²) in [4.78, 5) is 2.56. The van der Waals surface area contributed by atoms with Gasteiger partial charge in [-0.25, -0.2) is 0 Å². The van der Waals surface area contributed by atoms with Gasteiger partial charge in [0.05, 0.1) is 13.2 Å². The summed E-state index contributed by atoms with van der Waals surface area (Å²) in [6, 6.07) is 0.735. The maximum absolute atomic E-state index is 5.59. The van der Waals surface area contributed by atoms with Crippen molar-refractivity contribution in [1.29, 1.82) is 0 Å². The number of ether oxygens (including phenoxy) is 1. The van der Waals surface area contributed by atoms with Gasteiger partial charge in [-0.2, -0.15) is 0 Å². The molecule has 0 aromatic heterocycles. The van der Waals surface area contributed by atoms with Crippen molar-refractivity contribution >= 4 is 0 Å². The Bertz CT molecular complexity index is 251. The van der Waals surface area contributed by atoms with Crippen molar-refractivity contribution in [2.75, 3.05) is 39.4 Å². The third kappa shape index (κ3) is 4.78.